The second-order valence-electron chi connectivity index (χ2n) is 8.86. The summed E-state index contributed by atoms with van der Waals surface area (Å²) in [6.45, 7) is 1.48. The Kier molecular flexibility index (Phi) is 6.61. The van der Waals surface area contributed by atoms with E-state index in [0.29, 0.717) is 25.5 Å². The van der Waals surface area contributed by atoms with Crippen LogP contribution in [-0.4, -0.2) is 51.5 Å². The predicted octanol–water partition coefficient (Wildman–Crippen LogP) is 3.65. The van der Waals surface area contributed by atoms with E-state index in [1.807, 2.05) is 36.5 Å². The fraction of sp³-hybridized carbons (Fsp3) is 0.269. The maximum Gasteiger partial charge on any atom is 0.211 e. The third kappa shape index (κ3) is 5.41. The molecule has 0 aliphatic carbocycles. The Hall–Kier alpha value is -3.56. The van der Waals surface area contributed by atoms with Gasteiger partial charge in [-0.1, -0.05) is 30.3 Å². The van der Waals surface area contributed by atoms with E-state index in [1.54, 1.807) is 29.1 Å². The van der Waals surface area contributed by atoms with Crippen LogP contribution in [0.1, 0.15) is 23.2 Å². The van der Waals surface area contributed by atoms with Crippen molar-refractivity contribution in [1.29, 1.82) is 0 Å². The number of aromatic amines is 1. The van der Waals surface area contributed by atoms with Gasteiger partial charge in [0, 0.05) is 49.0 Å². The first-order valence-electron chi connectivity index (χ1n) is 11.6. The summed E-state index contributed by atoms with van der Waals surface area (Å²) >= 11 is 0. The average molecular weight is 489 g/mol. The molecule has 180 valence electrons. The molecule has 2 aromatic heterocycles. The zero-order chi connectivity index (χ0) is 24.3. The quantitative estimate of drug-likeness (QED) is 0.427. The molecule has 0 saturated carbocycles. The van der Waals surface area contributed by atoms with Gasteiger partial charge in [0.05, 0.1) is 24.8 Å². The molecule has 0 bridgehead atoms. The molecular weight excluding hydrogens is 460 g/mol. The van der Waals surface area contributed by atoms with E-state index < -0.39 is 10.0 Å². The van der Waals surface area contributed by atoms with Crippen LogP contribution in [0.25, 0.3) is 11.4 Å². The lowest BCUT2D eigenvalue weighted by Gasteiger charge is -2.31. The van der Waals surface area contributed by atoms with Gasteiger partial charge in [-0.25, -0.2) is 23.4 Å². The first kappa shape index (κ1) is 23.2. The zero-order valence-electron chi connectivity index (χ0n) is 19.6. The van der Waals surface area contributed by atoms with E-state index >= 15 is 0 Å². The molecule has 0 amide bonds. The van der Waals surface area contributed by atoms with Crippen LogP contribution < -0.4 is 4.90 Å². The Labute approximate surface area is 205 Å². The summed E-state index contributed by atoms with van der Waals surface area (Å²) < 4.78 is 27.7. The van der Waals surface area contributed by atoms with E-state index in [1.165, 1.54) is 11.8 Å². The molecule has 8 nitrogen and oxygen atoms in total. The third-order valence-corrected chi connectivity index (χ3v) is 7.64. The minimum Gasteiger partial charge on any atom is -0.364 e. The number of hydrogen-bond donors (Lipinski definition) is 1. The number of sulfonamides is 1. The molecule has 0 spiro atoms. The number of H-pyrrole nitrogens is 1. The number of benzene rings is 2. The van der Waals surface area contributed by atoms with Gasteiger partial charge in [0.25, 0.3) is 0 Å². The Morgan fingerprint density at radius 1 is 1.06 bits per heavy atom. The number of anilines is 1. The monoisotopic (exact) mass is 488 g/mol. The summed E-state index contributed by atoms with van der Waals surface area (Å²) in [5, 5.41) is 0. The third-order valence-electron chi connectivity index (χ3n) is 6.36. The van der Waals surface area contributed by atoms with Crippen molar-refractivity contribution >= 4 is 15.7 Å². The maximum atomic E-state index is 13.0. The highest BCUT2D eigenvalue weighted by Crippen LogP contribution is 2.33. The number of aryl methyl sites for hydroxylation is 1. The first-order valence-corrected chi connectivity index (χ1v) is 13.5. The summed E-state index contributed by atoms with van der Waals surface area (Å²) in [7, 11) is -3.45. The normalized spacial score (nSPS) is 16.6. The molecule has 1 aliphatic heterocycles. The Balaban J connectivity index is 1.53. The molecule has 0 radical (unpaired) electrons. The van der Waals surface area contributed by atoms with Crippen molar-refractivity contribution in [2.24, 2.45) is 0 Å². The summed E-state index contributed by atoms with van der Waals surface area (Å²) in [6, 6.07) is 17.9. The molecule has 0 fully saturated rings. The van der Waals surface area contributed by atoms with Crippen LogP contribution in [0.15, 0.2) is 79.5 Å². The lowest BCUT2D eigenvalue weighted by atomic mass is 10.0. The van der Waals surface area contributed by atoms with Gasteiger partial charge in [0.2, 0.25) is 10.0 Å². The second kappa shape index (κ2) is 9.97. The molecule has 5 rings (SSSR count). The molecule has 1 N–H and O–H groups in total. The number of hydrogen-bond acceptors (Lipinski definition) is 6. The molecule has 9 heteroatoms. The van der Waals surface area contributed by atoms with Crippen LogP contribution in [0, 0.1) is 0 Å². The van der Waals surface area contributed by atoms with E-state index in [2.05, 4.69) is 43.0 Å². The Morgan fingerprint density at radius 3 is 2.57 bits per heavy atom. The number of rotatable bonds is 7. The molecule has 0 saturated heterocycles. The van der Waals surface area contributed by atoms with Gasteiger partial charge in [0.15, 0.2) is 5.82 Å². The number of nitrogens with one attached hydrogen (secondary N) is 1. The van der Waals surface area contributed by atoms with Crippen molar-refractivity contribution in [3.05, 3.63) is 96.3 Å². The lowest BCUT2D eigenvalue weighted by Crippen LogP contribution is -2.44. The highest BCUT2D eigenvalue weighted by atomic mass is 32.2. The van der Waals surface area contributed by atoms with Crippen LogP contribution in [0.3, 0.4) is 0 Å². The standard InChI is InChI=1S/C26H28N6O2S/c1-35(33,34)32-16-22-14-21(26-28-12-5-13-29-26)9-11-25(22)31(17-23-15-27-19-30-23)18-24(32)10-8-20-6-3-2-4-7-20/h2-7,9,11-15,19,24H,8,10,16-18H2,1H3,(H,27,30). The van der Waals surface area contributed by atoms with Crippen LogP contribution in [0.2, 0.25) is 0 Å². The van der Waals surface area contributed by atoms with Crippen molar-refractivity contribution in [3.8, 4) is 11.4 Å². The van der Waals surface area contributed by atoms with Gasteiger partial charge in [-0.05, 0) is 48.2 Å². The average Bonchev–Trinajstić information content (AvgIpc) is 3.32. The number of fused-ring (bicyclic) bond motifs is 1. The Bertz CT molecular complexity index is 1360. The predicted molar refractivity (Wildman–Crippen MR) is 136 cm³/mol. The van der Waals surface area contributed by atoms with Gasteiger partial charge < -0.3 is 9.88 Å². The highest BCUT2D eigenvalue weighted by molar-refractivity contribution is 7.88. The second-order valence-corrected chi connectivity index (χ2v) is 10.8. The van der Waals surface area contributed by atoms with Crippen LogP contribution in [0.5, 0.6) is 0 Å². The lowest BCUT2D eigenvalue weighted by molar-refractivity contribution is 0.307. The molecule has 4 aromatic rings. The molecule has 2 aromatic carbocycles. The molecule has 3 heterocycles. The van der Waals surface area contributed by atoms with Crippen molar-refractivity contribution in [1.82, 2.24) is 24.2 Å². The van der Waals surface area contributed by atoms with Crippen LogP contribution in [-0.2, 0) is 29.5 Å². The van der Waals surface area contributed by atoms with Crippen molar-refractivity contribution in [2.75, 3.05) is 17.7 Å². The Morgan fingerprint density at radius 2 is 1.86 bits per heavy atom. The maximum absolute atomic E-state index is 13.0. The van der Waals surface area contributed by atoms with Crippen molar-refractivity contribution < 1.29 is 8.42 Å². The van der Waals surface area contributed by atoms with Gasteiger partial charge in [-0.15, -0.1) is 0 Å². The van der Waals surface area contributed by atoms with Crippen LogP contribution >= 0.6 is 0 Å². The van der Waals surface area contributed by atoms with Crippen molar-refractivity contribution in [3.63, 3.8) is 0 Å². The minimum absolute atomic E-state index is 0.183. The van der Waals surface area contributed by atoms with Gasteiger partial charge >= 0.3 is 0 Å². The minimum atomic E-state index is -3.45. The summed E-state index contributed by atoms with van der Waals surface area (Å²) in [6.07, 6.45) is 9.72. The number of aromatic nitrogens is 4. The highest BCUT2D eigenvalue weighted by Gasteiger charge is 2.33. The van der Waals surface area contributed by atoms with Crippen LogP contribution in [0.4, 0.5) is 5.69 Å². The summed E-state index contributed by atoms with van der Waals surface area (Å²) in [4.78, 5) is 18.4. The van der Waals surface area contributed by atoms with E-state index in [4.69, 9.17) is 0 Å². The summed E-state index contributed by atoms with van der Waals surface area (Å²) in [5.74, 6) is 0.617. The molecule has 1 unspecified atom stereocenters. The first-order chi connectivity index (χ1) is 17.0. The van der Waals surface area contributed by atoms with E-state index in [-0.39, 0.29) is 6.04 Å². The number of imidazole rings is 1. The molecular formula is C26H28N6O2S. The fourth-order valence-electron chi connectivity index (χ4n) is 4.68. The van der Waals surface area contributed by atoms with Crippen molar-refractivity contribution in [2.45, 2.75) is 32.0 Å². The van der Waals surface area contributed by atoms with Gasteiger partial charge in [0.1, 0.15) is 0 Å². The molecule has 1 atom stereocenters. The van der Waals surface area contributed by atoms with Gasteiger partial charge in [-0.2, -0.15) is 4.31 Å². The fourth-order valence-corrected chi connectivity index (χ4v) is 5.76. The smallest absolute Gasteiger partial charge is 0.211 e. The van der Waals surface area contributed by atoms with E-state index in [9.17, 15) is 8.42 Å². The topological polar surface area (TPSA) is 95.1 Å². The van der Waals surface area contributed by atoms with Gasteiger partial charge in [-0.3, -0.25) is 0 Å². The molecule has 1 aliphatic rings. The zero-order valence-corrected chi connectivity index (χ0v) is 20.4. The van der Waals surface area contributed by atoms with E-state index in [0.717, 1.165) is 35.3 Å². The molecule has 35 heavy (non-hydrogen) atoms. The summed E-state index contributed by atoms with van der Waals surface area (Å²) in [5.41, 5.74) is 4.98. The SMILES string of the molecule is CS(=O)(=O)N1Cc2cc(-c3ncccn3)ccc2N(Cc2cnc[nH]2)CC1CCc1ccccc1. The largest absolute Gasteiger partial charge is 0.364 e. The number of nitrogens with zero attached hydrogens (tertiary/aromatic N) is 5.